The summed E-state index contributed by atoms with van der Waals surface area (Å²) >= 11 is 0.934. The molecule has 0 saturated heterocycles. The van der Waals surface area contributed by atoms with Crippen LogP contribution >= 0.6 is 11.5 Å². The van der Waals surface area contributed by atoms with Crippen molar-refractivity contribution in [2.24, 2.45) is 0 Å². The summed E-state index contributed by atoms with van der Waals surface area (Å²) in [6.07, 6.45) is 2.94. The van der Waals surface area contributed by atoms with Crippen LogP contribution in [0.25, 0.3) is 0 Å². The Morgan fingerprint density at radius 2 is 2.00 bits per heavy atom. The summed E-state index contributed by atoms with van der Waals surface area (Å²) in [6, 6.07) is 0. The van der Waals surface area contributed by atoms with Crippen LogP contribution < -0.4 is 0 Å². The van der Waals surface area contributed by atoms with E-state index in [0.29, 0.717) is 4.88 Å². The van der Waals surface area contributed by atoms with Crippen LogP contribution in [0.5, 0.6) is 0 Å². The molecule has 1 rings (SSSR count). The Morgan fingerprint density at radius 3 is 2.43 bits per heavy atom. The van der Waals surface area contributed by atoms with E-state index in [0.717, 1.165) is 30.8 Å². The standard InChI is InChI=1S/C10H15F2NS/c1-4-5-6-10(2,3)8-7(11)9(12)13-14-8/h4-6H2,1-3H3. The molecule has 0 aliphatic carbocycles. The Bertz CT molecular complexity index is 307. The minimum absolute atomic E-state index is 0.303. The van der Waals surface area contributed by atoms with E-state index in [2.05, 4.69) is 11.3 Å². The smallest absolute Gasteiger partial charge is 0.201 e. The monoisotopic (exact) mass is 219 g/mol. The van der Waals surface area contributed by atoms with Crippen LogP contribution in [0.15, 0.2) is 0 Å². The van der Waals surface area contributed by atoms with Gasteiger partial charge in [0.1, 0.15) is 0 Å². The molecule has 0 unspecified atom stereocenters. The van der Waals surface area contributed by atoms with E-state index in [1.165, 1.54) is 0 Å². The van der Waals surface area contributed by atoms with Gasteiger partial charge in [-0.25, -0.2) is 4.39 Å². The van der Waals surface area contributed by atoms with Gasteiger partial charge < -0.3 is 0 Å². The highest BCUT2D eigenvalue weighted by atomic mass is 32.1. The van der Waals surface area contributed by atoms with E-state index in [4.69, 9.17) is 0 Å². The number of rotatable bonds is 4. The first-order chi connectivity index (χ1) is 6.49. The molecule has 0 amide bonds. The van der Waals surface area contributed by atoms with Crippen molar-refractivity contribution in [1.82, 2.24) is 4.37 Å². The highest BCUT2D eigenvalue weighted by molar-refractivity contribution is 7.05. The molecule has 0 N–H and O–H groups in total. The van der Waals surface area contributed by atoms with Crippen molar-refractivity contribution < 1.29 is 8.78 Å². The number of aromatic nitrogens is 1. The van der Waals surface area contributed by atoms with Gasteiger partial charge in [-0.15, -0.1) is 0 Å². The molecular weight excluding hydrogens is 204 g/mol. The Kier molecular flexibility index (Phi) is 3.59. The average Bonchev–Trinajstić information content (AvgIpc) is 2.45. The molecule has 0 aromatic carbocycles. The van der Waals surface area contributed by atoms with E-state index in [1.54, 1.807) is 0 Å². The lowest BCUT2D eigenvalue weighted by Crippen LogP contribution is -2.16. The molecule has 80 valence electrons. The predicted octanol–water partition coefficient (Wildman–Crippen LogP) is 3.89. The molecule has 1 heterocycles. The molecule has 0 fully saturated rings. The number of hydrogen-bond donors (Lipinski definition) is 0. The molecule has 0 aliphatic rings. The molecule has 0 radical (unpaired) electrons. The molecule has 0 bridgehead atoms. The molecule has 0 spiro atoms. The van der Waals surface area contributed by atoms with Crippen LogP contribution in [0.3, 0.4) is 0 Å². The summed E-state index contributed by atoms with van der Waals surface area (Å²) in [7, 11) is 0. The molecule has 0 saturated carbocycles. The highest BCUT2D eigenvalue weighted by Gasteiger charge is 2.28. The topological polar surface area (TPSA) is 12.9 Å². The van der Waals surface area contributed by atoms with Crippen molar-refractivity contribution >= 4 is 11.5 Å². The summed E-state index contributed by atoms with van der Waals surface area (Å²) in [5, 5.41) is 0. The Balaban J connectivity index is 2.86. The second kappa shape index (κ2) is 4.34. The van der Waals surface area contributed by atoms with Crippen molar-refractivity contribution in [3.63, 3.8) is 0 Å². The minimum atomic E-state index is -0.963. The summed E-state index contributed by atoms with van der Waals surface area (Å²) < 4.78 is 29.4. The third kappa shape index (κ3) is 2.29. The van der Waals surface area contributed by atoms with Crippen molar-refractivity contribution in [3.8, 4) is 0 Å². The Labute approximate surface area is 87.3 Å². The lowest BCUT2D eigenvalue weighted by atomic mass is 9.85. The number of nitrogens with zero attached hydrogens (tertiary/aromatic N) is 1. The SMILES string of the molecule is CCCCC(C)(C)c1snc(F)c1F. The van der Waals surface area contributed by atoms with E-state index in [1.807, 2.05) is 13.8 Å². The fraction of sp³-hybridized carbons (Fsp3) is 0.700. The summed E-state index contributed by atoms with van der Waals surface area (Å²) in [6.45, 7) is 5.94. The second-order valence-corrected chi connectivity index (χ2v) is 4.88. The average molecular weight is 219 g/mol. The maximum absolute atomic E-state index is 13.3. The van der Waals surface area contributed by atoms with E-state index >= 15 is 0 Å². The first kappa shape index (κ1) is 11.6. The molecule has 1 aromatic heterocycles. The van der Waals surface area contributed by atoms with Crippen molar-refractivity contribution in [2.75, 3.05) is 0 Å². The Morgan fingerprint density at radius 1 is 1.36 bits per heavy atom. The molecule has 0 aliphatic heterocycles. The zero-order valence-electron chi connectivity index (χ0n) is 8.73. The molecule has 0 atom stereocenters. The van der Waals surface area contributed by atoms with Gasteiger partial charge in [-0.3, -0.25) is 0 Å². The zero-order chi connectivity index (χ0) is 10.8. The zero-order valence-corrected chi connectivity index (χ0v) is 9.55. The number of unbranched alkanes of at least 4 members (excludes halogenated alkanes) is 1. The van der Waals surface area contributed by atoms with Crippen LogP contribution in [0, 0.1) is 11.8 Å². The van der Waals surface area contributed by atoms with Crippen molar-refractivity contribution in [1.29, 1.82) is 0 Å². The first-order valence-corrected chi connectivity index (χ1v) is 5.57. The van der Waals surface area contributed by atoms with Gasteiger partial charge in [0.2, 0.25) is 0 Å². The van der Waals surface area contributed by atoms with Crippen LogP contribution in [0.1, 0.15) is 44.9 Å². The van der Waals surface area contributed by atoms with Crippen LogP contribution in [-0.2, 0) is 5.41 Å². The maximum atomic E-state index is 13.3. The summed E-state index contributed by atoms with van der Waals surface area (Å²) in [5.74, 6) is -1.73. The van der Waals surface area contributed by atoms with Gasteiger partial charge in [-0.1, -0.05) is 33.6 Å². The fourth-order valence-electron chi connectivity index (χ4n) is 1.41. The molecule has 14 heavy (non-hydrogen) atoms. The maximum Gasteiger partial charge on any atom is 0.260 e. The minimum Gasteiger partial charge on any atom is -0.201 e. The van der Waals surface area contributed by atoms with Gasteiger partial charge >= 0.3 is 0 Å². The van der Waals surface area contributed by atoms with Crippen LogP contribution in [-0.4, -0.2) is 4.37 Å². The third-order valence-corrected chi connectivity index (χ3v) is 3.53. The Hall–Kier alpha value is -0.510. The molecule has 1 nitrogen and oxygen atoms in total. The lowest BCUT2D eigenvalue weighted by molar-refractivity contribution is 0.424. The largest absolute Gasteiger partial charge is 0.260 e. The molecular formula is C10H15F2NS. The number of halogens is 2. The normalized spacial score (nSPS) is 12.1. The molecule has 1 aromatic rings. The van der Waals surface area contributed by atoms with E-state index in [9.17, 15) is 8.78 Å². The third-order valence-electron chi connectivity index (χ3n) is 2.37. The second-order valence-electron chi connectivity index (χ2n) is 4.10. The van der Waals surface area contributed by atoms with Gasteiger partial charge in [-0.05, 0) is 18.0 Å². The first-order valence-electron chi connectivity index (χ1n) is 4.80. The fourth-order valence-corrected chi connectivity index (χ4v) is 2.18. The van der Waals surface area contributed by atoms with Crippen molar-refractivity contribution in [2.45, 2.75) is 45.4 Å². The summed E-state index contributed by atoms with van der Waals surface area (Å²) in [4.78, 5) is 0.434. The van der Waals surface area contributed by atoms with Gasteiger partial charge in [0.15, 0.2) is 5.82 Å². The summed E-state index contributed by atoms with van der Waals surface area (Å²) in [5.41, 5.74) is -0.303. The van der Waals surface area contributed by atoms with Crippen LogP contribution in [0.2, 0.25) is 0 Å². The van der Waals surface area contributed by atoms with Crippen LogP contribution in [0.4, 0.5) is 8.78 Å². The van der Waals surface area contributed by atoms with Gasteiger partial charge in [-0.2, -0.15) is 8.76 Å². The lowest BCUT2D eigenvalue weighted by Gasteiger charge is -2.22. The molecule has 4 heteroatoms. The van der Waals surface area contributed by atoms with Crippen molar-refractivity contribution in [3.05, 3.63) is 16.6 Å². The van der Waals surface area contributed by atoms with Gasteiger partial charge in [0.05, 0.1) is 4.88 Å². The van der Waals surface area contributed by atoms with E-state index in [-0.39, 0.29) is 5.41 Å². The number of hydrogen-bond acceptors (Lipinski definition) is 2. The quantitative estimate of drug-likeness (QED) is 0.748. The van der Waals surface area contributed by atoms with Gasteiger partial charge in [0.25, 0.3) is 5.95 Å². The highest BCUT2D eigenvalue weighted by Crippen LogP contribution is 2.34. The van der Waals surface area contributed by atoms with Gasteiger partial charge in [0, 0.05) is 5.41 Å². The predicted molar refractivity (Wildman–Crippen MR) is 54.6 cm³/mol. The van der Waals surface area contributed by atoms with E-state index < -0.39 is 11.8 Å².